The Morgan fingerprint density at radius 2 is 2.35 bits per heavy atom. The van der Waals surface area contributed by atoms with Gasteiger partial charge in [0.2, 0.25) is 5.95 Å². The molecule has 4 N–H and O–H groups in total. The third kappa shape index (κ3) is 3.20. The number of carbonyl (C=O) groups is 1. The molecule has 0 saturated carbocycles. The molecule has 0 radical (unpaired) electrons. The second kappa shape index (κ2) is 6.30. The first-order chi connectivity index (χ1) is 11.2. The van der Waals surface area contributed by atoms with E-state index in [0.29, 0.717) is 23.7 Å². The van der Waals surface area contributed by atoms with Gasteiger partial charge in [-0.2, -0.15) is 0 Å². The summed E-state index contributed by atoms with van der Waals surface area (Å²) < 4.78 is 5.28. The van der Waals surface area contributed by atoms with Crippen molar-refractivity contribution in [1.82, 2.24) is 25.3 Å². The first kappa shape index (κ1) is 14.8. The van der Waals surface area contributed by atoms with E-state index in [9.17, 15) is 4.79 Å². The standard InChI is InChI=1S/C15H16N6O2/c1-2-9(13-17-5-6-18-13)19-14(22)11-8-10(20-15(16)21-11)12-4-3-7-23-12/h3-9H,2H2,1H3,(H,17,18)(H,19,22)(H2,16,20,21). The monoisotopic (exact) mass is 312 g/mol. The second-order valence-electron chi connectivity index (χ2n) is 4.88. The van der Waals surface area contributed by atoms with Crippen molar-refractivity contribution in [2.45, 2.75) is 19.4 Å². The Balaban J connectivity index is 1.85. The molecule has 0 fully saturated rings. The zero-order valence-corrected chi connectivity index (χ0v) is 12.5. The van der Waals surface area contributed by atoms with E-state index in [1.54, 1.807) is 30.6 Å². The van der Waals surface area contributed by atoms with Gasteiger partial charge in [0, 0.05) is 12.4 Å². The average molecular weight is 312 g/mol. The van der Waals surface area contributed by atoms with Crippen LogP contribution in [-0.2, 0) is 0 Å². The number of nitrogen functional groups attached to an aromatic ring is 1. The molecule has 1 atom stereocenters. The summed E-state index contributed by atoms with van der Waals surface area (Å²) in [6, 6.07) is 4.78. The third-order valence-electron chi connectivity index (χ3n) is 3.31. The molecule has 1 unspecified atom stereocenters. The van der Waals surface area contributed by atoms with Gasteiger partial charge >= 0.3 is 0 Å². The fourth-order valence-corrected chi connectivity index (χ4v) is 2.20. The van der Waals surface area contributed by atoms with Gasteiger partial charge in [0.15, 0.2) is 5.76 Å². The van der Waals surface area contributed by atoms with Gasteiger partial charge in [0.05, 0.1) is 12.3 Å². The van der Waals surface area contributed by atoms with Gasteiger partial charge < -0.3 is 20.5 Å². The van der Waals surface area contributed by atoms with Crippen LogP contribution < -0.4 is 11.1 Å². The minimum absolute atomic E-state index is 0.00935. The predicted molar refractivity (Wildman–Crippen MR) is 83.2 cm³/mol. The molecule has 8 nitrogen and oxygen atoms in total. The predicted octanol–water partition coefficient (Wildman–Crippen LogP) is 1.92. The van der Waals surface area contributed by atoms with Crippen molar-refractivity contribution in [3.8, 4) is 11.5 Å². The van der Waals surface area contributed by atoms with Crippen molar-refractivity contribution in [3.63, 3.8) is 0 Å². The summed E-state index contributed by atoms with van der Waals surface area (Å²) in [7, 11) is 0. The Hall–Kier alpha value is -3.16. The van der Waals surface area contributed by atoms with Crippen LogP contribution in [0.25, 0.3) is 11.5 Å². The molecular formula is C15H16N6O2. The number of furan rings is 1. The summed E-state index contributed by atoms with van der Waals surface area (Å²) >= 11 is 0. The maximum Gasteiger partial charge on any atom is 0.270 e. The Bertz CT molecular complexity index is 782. The van der Waals surface area contributed by atoms with Gasteiger partial charge in [0.25, 0.3) is 5.91 Å². The number of amides is 1. The van der Waals surface area contributed by atoms with E-state index in [-0.39, 0.29) is 23.6 Å². The molecule has 1 amide bonds. The highest BCUT2D eigenvalue weighted by Gasteiger charge is 2.18. The lowest BCUT2D eigenvalue weighted by Crippen LogP contribution is -2.30. The number of carbonyl (C=O) groups excluding carboxylic acids is 1. The van der Waals surface area contributed by atoms with Crippen molar-refractivity contribution in [1.29, 1.82) is 0 Å². The van der Waals surface area contributed by atoms with E-state index in [1.807, 2.05) is 6.92 Å². The van der Waals surface area contributed by atoms with Gasteiger partial charge in [-0.05, 0) is 24.6 Å². The largest absolute Gasteiger partial charge is 0.463 e. The zero-order valence-electron chi connectivity index (χ0n) is 12.5. The van der Waals surface area contributed by atoms with Gasteiger partial charge in [-0.25, -0.2) is 15.0 Å². The Labute approximate surface area is 132 Å². The van der Waals surface area contributed by atoms with E-state index in [0.717, 1.165) is 0 Å². The van der Waals surface area contributed by atoms with Crippen molar-refractivity contribution in [3.05, 3.63) is 48.4 Å². The average Bonchev–Trinajstić information content (AvgIpc) is 3.24. The number of rotatable bonds is 5. The van der Waals surface area contributed by atoms with Crippen molar-refractivity contribution >= 4 is 11.9 Å². The number of nitrogens with one attached hydrogen (secondary N) is 2. The van der Waals surface area contributed by atoms with Crippen LogP contribution in [0.5, 0.6) is 0 Å². The molecular weight excluding hydrogens is 296 g/mol. The highest BCUT2D eigenvalue weighted by Crippen LogP contribution is 2.19. The summed E-state index contributed by atoms with van der Waals surface area (Å²) in [5.41, 5.74) is 6.33. The quantitative estimate of drug-likeness (QED) is 0.661. The Morgan fingerprint density at radius 3 is 3.00 bits per heavy atom. The molecule has 0 aliphatic rings. The van der Waals surface area contributed by atoms with E-state index in [1.165, 1.54) is 6.26 Å². The lowest BCUT2D eigenvalue weighted by Gasteiger charge is -2.14. The van der Waals surface area contributed by atoms with Crippen LogP contribution in [0.2, 0.25) is 0 Å². The van der Waals surface area contributed by atoms with E-state index in [4.69, 9.17) is 10.2 Å². The summed E-state index contributed by atoms with van der Waals surface area (Å²) in [6.45, 7) is 1.95. The van der Waals surface area contributed by atoms with Crippen molar-refractivity contribution in [2.75, 3.05) is 5.73 Å². The van der Waals surface area contributed by atoms with E-state index in [2.05, 4.69) is 25.3 Å². The van der Waals surface area contributed by atoms with Crippen LogP contribution in [0.1, 0.15) is 35.7 Å². The molecule has 0 aliphatic carbocycles. The number of imidazole rings is 1. The van der Waals surface area contributed by atoms with Gasteiger partial charge in [-0.3, -0.25) is 4.79 Å². The first-order valence-corrected chi connectivity index (χ1v) is 7.16. The molecule has 3 rings (SSSR count). The van der Waals surface area contributed by atoms with Crippen LogP contribution in [0.4, 0.5) is 5.95 Å². The Kier molecular flexibility index (Phi) is 4.05. The Morgan fingerprint density at radius 1 is 1.48 bits per heavy atom. The summed E-state index contributed by atoms with van der Waals surface area (Å²) in [5.74, 6) is 0.866. The lowest BCUT2D eigenvalue weighted by molar-refractivity contribution is 0.0929. The SMILES string of the molecule is CCC(NC(=O)c1cc(-c2ccco2)nc(N)n1)c1ncc[nH]1. The van der Waals surface area contributed by atoms with Crippen LogP contribution in [-0.4, -0.2) is 25.8 Å². The molecule has 0 aromatic carbocycles. The molecule has 3 heterocycles. The number of H-pyrrole nitrogens is 1. The zero-order chi connectivity index (χ0) is 16.2. The van der Waals surface area contributed by atoms with Crippen LogP contribution in [0, 0.1) is 0 Å². The van der Waals surface area contributed by atoms with E-state index < -0.39 is 0 Å². The van der Waals surface area contributed by atoms with Gasteiger partial charge in [-0.15, -0.1) is 0 Å². The minimum Gasteiger partial charge on any atom is -0.463 e. The minimum atomic E-state index is -0.352. The molecule has 8 heteroatoms. The maximum absolute atomic E-state index is 12.5. The molecule has 3 aromatic rings. The van der Waals surface area contributed by atoms with E-state index >= 15 is 0 Å². The number of anilines is 1. The molecule has 0 saturated heterocycles. The lowest BCUT2D eigenvalue weighted by atomic mass is 10.2. The molecule has 0 bridgehead atoms. The number of nitrogens with zero attached hydrogens (tertiary/aromatic N) is 3. The number of aromatic amines is 1. The summed E-state index contributed by atoms with van der Waals surface area (Å²) in [5, 5.41) is 2.88. The highest BCUT2D eigenvalue weighted by molar-refractivity contribution is 5.93. The molecule has 0 aliphatic heterocycles. The summed E-state index contributed by atoms with van der Waals surface area (Å²) in [4.78, 5) is 27.7. The fraction of sp³-hybridized carbons (Fsp3) is 0.200. The van der Waals surface area contributed by atoms with Crippen molar-refractivity contribution < 1.29 is 9.21 Å². The highest BCUT2D eigenvalue weighted by atomic mass is 16.3. The fourth-order valence-electron chi connectivity index (χ4n) is 2.20. The van der Waals surface area contributed by atoms with Crippen LogP contribution in [0.3, 0.4) is 0 Å². The van der Waals surface area contributed by atoms with Crippen LogP contribution in [0.15, 0.2) is 41.3 Å². The first-order valence-electron chi connectivity index (χ1n) is 7.16. The normalized spacial score (nSPS) is 12.0. The smallest absolute Gasteiger partial charge is 0.270 e. The maximum atomic E-state index is 12.5. The van der Waals surface area contributed by atoms with Gasteiger partial charge in [-0.1, -0.05) is 6.92 Å². The number of aromatic nitrogens is 4. The molecule has 3 aromatic heterocycles. The number of nitrogens with two attached hydrogens (primary N) is 1. The van der Waals surface area contributed by atoms with Gasteiger partial charge in [0.1, 0.15) is 17.2 Å². The summed E-state index contributed by atoms with van der Waals surface area (Å²) in [6.07, 6.45) is 5.56. The topological polar surface area (TPSA) is 123 Å². The molecule has 0 spiro atoms. The second-order valence-corrected chi connectivity index (χ2v) is 4.88. The molecule has 118 valence electrons. The van der Waals surface area contributed by atoms with Crippen molar-refractivity contribution in [2.24, 2.45) is 0 Å². The number of hydrogen-bond donors (Lipinski definition) is 3. The van der Waals surface area contributed by atoms with Crippen LogP contribution >= 0.6 is 0 Å². The molecule has 23 heavy (non-hydrogen) atoms. The third-order valence-corrected chi connectivity index (χ3v) is 3.31. The number of hydrogen-bond acceptors (Lipinski definition) is 6.